The van der Waals surface area contributed by atoms with Crippen molar-refractivity contribution in [2.45, 2.75) is 17.7 Å². The van der Waals surface area contributed by atoms with E-state index >= 15 is 0 Å². The van der Waals surface area contributed by atoms with Gasteiger partial charge in [0.25, 0.3) is 0 Å². The lowest BCUT2D eigenvalue weighted by Crippen LogP contribution is -2.26. The minimum atomic E-state index is -0.447. The molecule has 0 heterocycles. The van der Waals surface area contributed by atoms with Gasteiger partial charge in [-0.15, -0.1) is 11.8 Å². The molecular formula is C18H20FNO2S. The van der Waals surface area contributed by atoms with Crippen molar-refractivity contribution >= 4 is 17.7 Å². The van der Waals surface area contributed by atoms with E-state index in [0.29, 0.717) is 12.1 Å². The van der Waals surface area contributed by atoms with Crippen LogP contribution in [0.3, 0.4) is 0 Å². The van der Waals surface area contributed by atoms with Gasteiger partial charge in [-0.2, -0.15) is 0 Å². The molecule has 0 saturated heterocycles. The summed E-state index contributed by atoms with van der Waals surface area (Å²) in [5.41, 5.74) is 0.638. The maximum atomic E-state index is 13.6. The molecule has 0 radical (unpaired) electrons. The van der Waals surface area contributed by atoms with E-state index in [0.717, 1.165) is 12.2 Å². The fourth-order valence-corrected chi connectivity index (χ4v) is 2.95. The Bertz CT molecular complexity index is 634. The predicted octanol–water partition coefficient (Wildman–Crippen LogP) is 3.68. The SMILES string of the molecule is COc1ccc(CC(=O)NCCCSc2ccccc2)cc1F. The minimum absolute atomic E-state index is 0.0979. The third kappa shape index (κ3) is 5.94. The quantitative estimate of drug-likeness (QED) is 0.592. The maximum Gasteiger partial charge on any atom is 0.224 e. The van der Waals surface area contributed by atoms with Crippen LogP contribution in [-0.4, -0.2) is 25.3 Å². The number of rotatable bonds is 8. The summed E-state index contributed by atoms with van der Waals surface area (Å²) in [7, 11) is 1.41. The molecule has 0 spiro atoms. The summed E-state index contributed by atoms with van der Waals surface area (Å²) >= 11 is 1.77. The van der Waals surface area contributed by atoms with Gasteiger partial charge in [0.05, 0.1) is 13.5 Å². The molecule has 0 unspecified atom stereocenters. The summed E-state index contributed by atoms with van der Waals surface area (Å²) in [5.74, 6) is 0.588. The van der Waals surface area contributed by atoms with Crippen molar-refractivity contribution in [1.82, 2.24) is 5.32 Å². The molecule has 2 aromatic carbocycles. The first-order valence-corrected chi connectivity index (χ1v) is 8.44. The van der Waals surface area contributed by atoms with E-state index in [-0.39, 0.29) is 18.1 Å². The molecule has 0 aliphatic heterocycles. The second kappa shape index (κ2) is 9.20. The third-order valence-corrected chi connectivity index (χ3v) is 4.33. The van der Waals surface area contributed by atoms with Gasteiger partial charge in [-0.3, -0.25) is 4.79 Å². The number of carbonyl (C=O) groups is 1. The Hall–Kier alpha value is -2.01. The number of methoxy groups -OCH3 is 1. The van der Waals surface area contributed by atoms with Crippen LogP contribution in [0, 0.1) is 5.82 Å². The molecule has 0 bridgehead atoms. The first kappa shape index (κ1) is 17.3. The Kier molecular flexibility index (Phi) is 6.94. The van der Waals surface area contributed by atoms with Gasteiger partial charge in [-0.05, 0) is 42.0 Å². The second-order valence-electron chi connectivity index (χ2n) is 5.01. The molecule has 0 aromatic heterocycles. The molecule has 1 amide bonds. The van der Waals surface area contributed by atoms with E-state index in [1.165, 1.54) is 24.1 Å². The topological polar surface area (TPSA) is 38.3 Å². The summed E-state index contributed by atoms with van der Waals surface area (Å²) in [5, 5.41) is 2.86. The number of halogens is 1. The lowest BCUT2D eigenvalue weighted by Gasteiger charge is -2.07. The molecule has 23 heavy (non-hydrogen) atoms. The highest BCUT2D eigenvalue weighted by molar-refractivity contribution is 7.99. The molecule has 2 rings (SSSR count). The standard InChI is InChI=1S/C18H20FNO2S/c1-22-17-9-8-14(12-16(17)19)13-18(21)20-10-5-11-23-15-6-3-2-4-7-15/h2-4,6-9,12H,5,10-11,13H2,1H3,(H,20,21). The van der Waals surface area contributed by atoms with Crippen molar-refractivity contribution in [1.29, 1.82) is 0 Å². The average Bonchev–Trinajstić information content (AvgIpc) is 2.56. The van der Waals surface area contributed by atoms with Gasteiger partial charge in [-0.25, -0.2) is 4.39 Å². The molecule has 2 aromatic rings. The minimum Gasteiger partial charge on any atom is -0.494 e. The van der Waals surface area contributed by atoms with Gasteiger partial charge in [0.2, 0.25) is 5.91 Å². The highest BCUT2D eigenvalue weighted by atomic mass is 32.2. The second-order valence-corrected chi connectivity index (χ2v) is 6.18. The largest absolute Gasteiger partial charge is 0.494 e. The number of hydrogen-bond donors (Lipinski definition) is 1. The summed E-state index contributed by atoms with van der Waals surface area (Å²) in [4.78, 5) is 13.1. The number of hydrogen-bond acceptors (Lipinski definition) is 3. The number of ether oxygens (including phenoxy) is 1. The Labute approximate surface area is 140 Å². The highest BCUT2D eigenvalue weighted by Gasteiger charge is 2.07. The van der Waals surface area contributed by atoms with Crippen LogP contribution in [0.5, 0.6) is 5.75 Å². The molecule has 0 atom stereocenters. The van der Waals surface area contributed by atoms with Gasteiger partial charge in [0.1, 0.15) is 0 Å². The van der Waals surface area contributed by atoms with Crippen molar-refractivity contribution in [2.24, 2.45) is 0 Å². The number of thioether (sulfide) groups is 1. The molecule has 5 heteroatoms. The summed E-state index contributed by atoms with van der Waals surface area (Å²) < 4.78 is 18.4. The molecule has 122 valence electrons. The Morgan fingerprint density at radius 2 is 2.00 bits per heavy atom. The monoisotopic (exact) mass is 333 g/mol. The Morgan fingerprint density at radius 1 is 1.22 bits per heavy atom. The highest BCUT2D eigenvalue weighted by Crippen LogP contribution is 2.18. The lowest BCUT2D eigenvalue weighted by atomic mass is 10.1. The van der Waals surface area contributed by atoms with Crippen molar-refractivity contribution < 1.29 is 13.9 Å². The number of amides is 1. The van der Waals surface area contributed by atoms with Crippen LogP contribution < -0.4 is 10.1 Å². The van der Waals surface area contributed by atoms with Crippen LogP contribution in [0.1, 0.15) is 12.0 Å². The van der Waals surface area contributed by atoms with Crippen molar-refractivity contribution in [2.75, 3.05) is 19.4 Å². The van der Waals surface area contributed by atoms with Gasteiger partial charge >= 0.3 is 0 Å². The molecule has 0 aliphatic rings. The van der Waals surface area contributed by atoms with Crippen molar-refractivity contribution in [3.8, 4) is 5.75 Å². The van der Waals surface area contributed by atoms with E-state index in [2.05, 4.69) is 17.4 Å². The average molecular weight is 333 g/mol. The van der Waals surface area contributed by atoms with Gasteiger partial charge < -0.3 is 10.1 Å². The van der Waals surface area contributed by atoms with Gasteiger partial charge in [0.15, 0.2) is 11.6 Å². The number of carbonyl (C=O) groups excluding carboxylic acids is 1. The Balaban J connectivity index is 1.66. The third-order valence-electron chi connectivity index (χ3n) is 3.24. The van der Waals surface area contributed by atoms with E-state index in [1.54, 1.807) is 17.8 Å². The van der Waals surface area contributed by atoms with Crippen LogP contribution >= 0.6 is 11.8 Å². The van der Waals surface area contributed by atoms with Crippen LogP contribution in [0.25, 0.3) is 0 Å². The predicted molar refractivity (Wildman–Crippen MR) is 91.4 cm³/mol. The zero-order valence-electron chi connectivity index (χ0n) is 13.0. The van der Waals surface area contributed by atoms with E-state index in [1.807, 2.05) is 18.2 Å². The fraction of sp³-hybridized carbons (Fsp3) is 0.278. The number of nitrogens with one attached hydrogen (secondary N) is 1. The maximum absolute atomic E-state index is 13.6. The Morgan fingerprint density at radius 3 is 2.70 bits per heavy atom. The van der Waals surface area contributed by atoms with Crippen LogP contribution in [0.4, 0.5) is 4.39 Å². The molecule has 0 saturated carbocycles. The van der Waals surface area contributed by atoms with Crippen LogP contribution in [0.2, 0.25) is 0 Å². The first-order chi connectivity index (χ1) is 11.2. The van der Waals surface area contributed by atoms with Crippen LogP contribution in [0.15, 0.2) is 53.4 Å². The van der Waals surface area contributed by atoms with Crippen molar-refractivity contribution in [3.63, 3.8) is 0 Å². The molecular weight excluding hydrogens is 313 g/mol. The molecule has 0 aliphatic carbocycles. The fourth-order valence-electron chi connectivity index (χ4n) is 2.07. The van der Waals surface area contributed by atoms with Crippen LogP contribution in [-0.2, 0) is 11.2 Å². The zero-order valence-corrected chi connectivity index (χ0v) is 13.9. The smallest absolute Gasteiger partial charge is 0.224 e. The summed E-state index contributed by atoms with van der Waals surface area (Å²) in [6.45, 7) is 0.622. The number of benzene rings is 2. The zero-order chi connectivity index (χ0) is 16.5. The van der Waals surface area contributed by atoms with Gasteiger partial charge in [0, 0.05) is 11.4 Å². The van der Waals surface area contributed by atoms with E-state index < -0.39 is 5.82 Å². The lowest BCUT2D eigenvalue weighted by molar-refractivity contribution is -0.120. The normalized spacial score (nSPS) is 10.3. The molecule has 3 nitrogen and oxygen atoms in total. The summed E-state index contributed by atoms with van der Waals surface area (Å²) in [6, 6.07) is 14.7. The molecule has 0 fully saturated rings. The molecule has 1 N–H and O–H groups in total. The van der Waals surface area contributed by atoms with E-state index in [9.17, 15) is 9.18 Å². The van der Waals surface area contributed by atoms with Gasteiger partial charge in [-0.1, -0.05) is 24.3 Å². The summed E-state index contributed by atoms with van der Waals surface area (Å²) in [6.07, 6.45) is 1.06. The first-order valence-electron chi connectivity index (χ1n) is 7.46. The van der Waals surface area contributed by atoms with Crippen molar-refractivity contribution in [3.05, 3.63) is 59.9 Å². The van der Waals surface area contributed by atoms with E-state index in [4.69, 9.17) is 4.74 Å².